The summed E-state index contributed by atoms with van der Waals surface area (Å²) in [4.78, 5) is 18.5. The van der Waals surface area contributed by atoms with E-state index in [1.807, 2.05) is 18.2 Å². The van der Waals surface area contributed by atoms with Crippen LogP contribution in [0, 0.1) is 0 Å². The molecule has 0 atom stereocenters. The van der Waals surface area contributed by atoms with Crippen LogP contribution in [0.1, 0.15) is 0 Å². The Morgan fingerprint density at radius 3 is 2.55 bits per heavy atom. The Hall–Kier alpha value is -2.81. The zero-order chi connectivity index (χ0) is 20.9. The van der Waals surface area contributed by atoms with Gasteiger partial charge in [0.15, 0.2) is 0 Å². The molecule has 7 nitrogen and oxygen atoms in total. The van der Waals surface area contributed by atoms with E-state index in [1.54, 1.807) is 55.8 Å². The lowest BCUT2D eigenvalue weighted by Crippen LogP contribution is -2.43. The van der Waals surface area contributed by atoms with E-state index in [4.69, 9.17) is 4.74 Å². The van der Waals surface area contributed by atoms with Crippen molar-refractivity contribution in [3.8, 4) is 0 Å². The molecule has 0 saturated heterocycles. The predicted octanol–water partition coefficient (Wildman–Crippen LogP) is 2.53. The molecule has 0 spiro atoms. The van der Waals surface area contributed by atoms with Crippen LogP contribution in [-0.4, -0.2) is 57.5 Å². The predicted molar refractivity (Wildman–Crippen MR) is 112 cm³/mol. The Balaban J connectivity index is 1.94. The van der Waals surface area contributed by atoms with E-state index < -0.39 is 10.0 Å². The maximum absolute atomic E-state index is 13.4. The standard InChI is InChI=1S/C21H23N3O4S/c1-23(18-8-4-3-5-9-18)21(25)16-24(13-14-28-2)29(26,27)20-10-6-7-17-15-22-12-11-19(17)20/h3-12,15H,13-14,16H2,1-2H3. The van der Waals surface area contributed by atoms with Crippen LogP contribution in [-0.2, 0) is 19.6 Å². The Labute approximate surface area is 170 Å². The molecular weight excluding hydrogens is 390 g/mol. The number of sulfonamides is 1. The van der Waals surface area contributed by atoms with Crippen LogP contribution in [0.4, 0.5) is 5.69 Å². The molecular formula is C21H23N3O4S. The van der Waals surface area contributed by atoms with E-state index in [2.05, 4.69) is 4.98 Å². The Morgan fingerprint density at radius 1 is 1.07 bits per heavy atom. The smallest absolute Gasteiger partial charge is 0.244 e. The minimum Gasteiger partial charge on any atom is -0.383 e. The van der Waals surface area contributed by atoms with E-state index in [9.17, 15) is 13.2 Å². The van der Waals surface area contributed by atoms with Crippen molar-refractivity contribution in [3.05, 3.63) is 67.0 Å². The maximum Gasteiger partial charge on any atom is 0.244 e. The highest BCUT2D eigenvalue weighted by Crippen LogP contribution is 2.25. The Bertz CT molecular complexity index is 1080. The monoisotopic (exact) mass is 413 g/mol. The molecule has 0 aliphatic heterocycles. The molecule has 1 aromatic heterocycles. The topological polar surface area (TPSA) is 79.8 Å². The van der Waals surface area contributed by atoms with Crippen LogP contribution in [0.25, 0.3) is 10.8 Å². The number of aromatic nitrogens is 1. The van der Waals surface area contributed by atoms with Crippen molar-refractivity contribution in [2.75, 3.05) is 38.8 Å². The molecule has 29 heavy (non-hydrogen) atoms. The molecule has 3 rings (SSSR count). The SMILES string of the molecule is COCCN(CC(=O)N(C)c1ccccc1)S(=O)(=O)c1cccc2cnccc12. The van der Waals surface area contributed by atoms with Crippen molar-refractivity contribution < 1.29 is 17.9 Å². The molecule has 0 N–H and O–H groups in total. The van der Waals surface area contributed by atoms with Gasteiger partial charge in [0, 0.05) is 49.6 Å². The fraction of sp³-hybridized carbons (Fsp3) is 0.238. The van der Waals surface area contributed by atoms with Crippen LogP contribution >= 0.6 is 0 Å². The van der Waals surface area contributed by atoms with Crippen LogP contribution in [0.5, 0.6) is 0 Å². The second-order valence-corrected chi connectivity index (χ2v) is 8.38. The van der Waals surface area contributed by atoms with E-state index >= 15 is 0 Å². The number of pyridine rings is 1. The van der Waals surface area contributed by atoms with E-state index in [0.717, 1.165) is 4.31 Å². The number of methoxy groups -OCH3 is 1. The number of ether oxygens (including phenoxy) is 1. The fourth-order valence-electron chi connectivity index (χ4n) is 2.99. The highest BCUT2D eigenvalue weighted by molar-refractivity contribution is 7.89. The highest BCUT2D eigenvalue weighted by atomic mass is 32.2. The molecule has 2 aromatic carbocycles. The van der Waals surface area contributed by atoms with E-state index in [-0.39, 0.29) is 30.5 Å². The van der Waals surface area contributed by atoms with Crippen LogP contribution in [0.15, 0.2) is 71.9 Å². The van der Waals surface area contributed by atoms with Crippen molar-refractivity contribution in [2.24, 2.45) is 0 Å². The van der Waals surface area contributed by atoms with Crippen molar-refractivity contribution in [1.82, 2.24) is 9.29 Å². The number of para-hydroxylation sites is 1. The summed E-state index contributed by atoms with van der Waals surface area (Å²) in [6.07, 6.45) is 3.16. The molecule has 0 aliphatic rings. The summed E-state index contributed by atoms with van der Waals surface area (Å²) in [5, 5.41) is 1.28. The van der Waals surface area contributed by atoms with Gasteiger partial charge in [0.05, 0.1) is 18.0 Å². The molecule has 0 aliphatic carbocycles. The molecule has 3 aromatic rings. The fourth-order valence-corrected chi connectivity index (χ4v) is 4.57. The molecule has 0 radical (unpaired) electrons. The van der Waals surface area contributed by atoms with Gasteiger partial charge in [-0.2, -0.15) is 4.31 Å². The van der Waals surface area contributed by atoms with Crippen molar-refractivity contribution in [1.29, 1.82) is 0 Å². The number of rotatable bonds is 8. The summed E-state index contributed by atoms with van der Waals surface area (Å²) in [5.41, 5.74) is 0.692. The van der Waals surface area contributed by atoms with Gasteiger partial charge in [-0.1, -0.05) is 30.3 Å². The molecule has 1 amide bonds. The van der Waals surface area contributed by atoms with Crippen molar-refractivity contribution in [2.45, 2.75) is 4.90 Å². The van der Waals surface area contributed by atoms with Crippen molar-refractivity contribution >= 4 is 32.4 Å². The first-order valence-corrected chi connectivity index (χ1v) is 10.5. The third-order valence-corrected chi connectivity index (χ3v) is 6.54. The summed E-state index contributed by atoms with van der Waals surface area (Å²) in [7, 11) is -0.813. The number of hydrogen-bond acceptors (Lipinski definition) is 5. The Morgan fingerprint density at radius 2 is 1.83 bits per heavy atom. The number of fused-ring (bicyclic) bond motifs is 1. The third kappa shape index (κ3) is 4.61. The number of likely N-dealkylation sites (N-methyl/N-ethyl adjacent to an activating group) is 1. The largest absolute Gasteiger partial charge is 0.383 e. The van der Waals surface area contributed by atoms with Crippen LogP contribution < -0.4 is 4.90 Å². The molecule has 152 valence electrons. The Kier molecular flexibility index (Phi) is 6.58. The summed E-state index contributed by atoms with van der Waals surface area (Å²) >= 11 is 0. The maximum atomic E-state index is 13.4. The number of benzene rings is 2. The van der Waals surface area contributed by atoms with Gasteiger partial charge in [-0.05, 0) is 24.3 Å². The number of nitrogens with zero attached hydrogens (tertiary/aromatic N) is 3. The molecule has 0 bridgehead atoms. The van der Waals surface area contributed by atoms with E-state index in [1.165, 1.54) is 12.0 Å². The minimum atomic E-state index is -3.93. The average Bonchev–Trinajstić information content (AvgIpc) is 2.75. The summed E-state index contributed by atoms with van der Waals surface area (Å²) in [6.45, 7) is -0.0544. The van der Waals surface area contributed by atoms with Gasteiger partial charge in [-0.3, -0.25) is 9.78 Å². The van der Waals surface area contributed by atoms with Gasteiger partial charge in [0.1, 0.15) is 0 Å². The lowest BCUT2D eigenvalue weighted by Gasteiger charge is -2.25. The third-order valence-electron chi connectivity index (χ3n) is 4.63. The van der Waals surface area contributed by atoms with Crippen LogP contribution in [0.2, 0.25) is 0 Å². The number of hydrogen-bond donors (Lipinski definition) is 0. The first kappa shape index (κ1) is 20.9. The lowest BCUT2D eigenvalue weighted by molar-refractivity contribution is -0.118. The lowest BCUT2D eigenvalue weighted by atomic mass is 10.2. The van der Waals surface area contributed by atoms with Crippen molar-refractivity contribution in [3.63, 3.8) is 0 Å². The van der Waals surface area contributed by atoms with Crippen LogP contribution in [0.3, 0.4) is 0 Å². The summed E-state index contributed by atoms with van der Waals surface area (Å²) < 4.78 is 33.1. The summed E-state index contributed by atoms with van der Waals surface area (Å²) in [6, 6.07) is 15.8. The molecule has 8 heteroatoms. The second-order valence-electron chi connectivity index (χ2n) is 6.47. The van der Waals surface area contributed by atoms with E-state index in [0.29, 0.717) is 16.5 Å². The highest BCUT2D eigenvalue weighted by Gasteiger charge is 2.29. The zero-order valence-corrected chi connectivity index (χ0v) is 17.2. The van der Waals surface area contributed by atoms with Gasteiger partial charge >= 0.3 is 0 Å². The second kappa shape index (κ2) is 9.13. The van der Waals surface area contributed by atoms with Gasteiger partial charge in [-0.15, -0.1) is 0 Å². The molecule has 1 heterocycles. The van der Waals surface area contributed by atoms with Gasteiger partial charge in [-0.25, -0.2) is 8.42 Å². The van der Waals surface area contributed by atoms with Gasteiger partial charge in [0.2, 0.25) is 15.9 Å². The normalized spacial score (nSPS) is 11.7. The first-order valence-electron chi connectivity index (χ1n) is 9.08. The number of carbonyl (C=O) groups excluding carboxylic acids is 1. The van der Waals surface area contributed by atoms with Gasteiger partial charge < -0.3 is 9.64 Å². The number of amides is 1. The number of anilines is 1. The summed E-state index contributed by atoms with van der Waals surface area (Å²) in [5.74, 6) is -0.335. The minimum absolute atomic E-state index is 0.0642. The quantitative estimate of drug-likeness (QED) is 0.567. The van der Waals surface area contributed by atoms with Gasteiger partial charge in [0.25, 0.3) is 0 Å². The average molecular weight is 413 g/mol. The zero-order valence-electron chi connectivity index (χ0n) is 16.4. The first-order chi connectivity index (χ1) is 13.9. The molecule has 0 unspecified atom stereocenters. The number of carbonyl (C=O) groups is 1. The molecule has 0 saturated carbocycles. The molecule has 0 fully saturated rings.